The smallest absolute Gasteiger partial charge is 0.238 e. The Hall–Kier alpha value is -2.34. The Morgan fingerprint density at radius 3 is 2.67 bits per heavy atom. The summed E-state index contributed by atoms with van der Waals surface area (Å²) in [6, 6.07) is 9.03. The Labute approximate surface area is 139 Å². The third-order valence-electron chi connectivity index (χ3n) is 4.27. The van der Waals surface area contributed by atoms with Crippen molar-refractivity contribution in [1.29, 1.82) is 0 Å². The van der Waals surface area contributed by atoms with Gasteiger partial charge in [-0.2, -0.15) is 0 Å². The van der Waals surface area contributed by atoms with E-state index in [4.69, 9.17) is 0 Å². The molecule has 0 unspecified atom stereocenters. The molecule has 4 nitrogen and oxygen atoms in total. The molecule has 1 fully saturated rings. The highest BCUT2D eigenvalue weighted by molar-refractivity contribution is 5.92. The largest absolute Gasteiger partial charge is 0.322 e. The summed E-state index contributed by atoms with van der Waals surface area (Å²) in [6.45, 7) is 1.78. The maximum Gasteiger partial charge on any atom is 0.238 e. The molecule has 3 rings (SSSR count). The minimum atomic E-state index is -0.766. The van der Waals surface area contributed by atoms with Gasteiger partial charge in [-0.3, -0.25) is 14.7 Å². The number of benzene rings is 1. The van der Waals surface area contributed by atoms with Gasteiger partial charge in [0.05, 0.1) is 12.2 Å². The van der Waals surface area contributed by atoms with E-state index in [0.717, 1.165) is 43.8 Å². The maximum absolute atomic E-state index is 13.6. The van der Waals surface area contributed by atoms with Gasteiger partial charge >= 0.3 is 0 Å². The van der Waals surface area contributed by atoms with Gasteiger partial charge in [0.2, 0.25) is 5.91 Å². The summed E-state index contributed by atoms with van der Waals surface area (Å²) < 4.78 is 26.4. The van der Waals surface area contributed by atoms with E-state index in [-0.39, 0.29) is 18.1 Å². The van der Waals surface area contributed by atoms with Gasteiger partial charge in [-0.25, -0.2) is 8.78 Å². The van der Waals surface area contributed by atoms with E-state index in [1.807, 2.05) is 23.1 Å². The van der Waals surface area contributed by atoms with Crippen LogP contribution < -0.4 is 5.32 Å². The molecule has 2 aromatic rings. The topological polar surface area (TPSA) is 45.2 Å². The van der Waals surface area contributed by atoms with Crippen LogP contribution >= 0.6 is 0 Å². The Kier molecular flexibility index (Phi) is 5.15. The summed E-state index contributed by atoms with van der Waals surface area (Å²) >= 11 is 0. The lowest BCUT2D eigenvalue weighted by Crippen LogP contribution is -2.39. The Morgan fingerprint density at radius 1 is 1.21 bits per heavy atom. The number of anilines is 1. The van der Waals surface area contributed by atoms with Gasteiger partial charge in [-0.05, 0) is 50.2 Å². The van der Waals surface area contributed by atoms with E-state index >= 15 is 0 Å². The number of halogens is 2. The lowest BCUT2D eigenvalue weighted by Gasteiger charge is -2.31. The first kappa shape index (κ1) is 16.5. The molecule has 0 bridgehead atoms. The number of amides is 1. The molecule has 0 atom stereocenters. The van der Waals surface area contributed by atoms with E-state index in [1.165, 1.54) is 6.07 Å². The molecule has 6 heteroatoms. The van der Waals surface area contributed by atoms with Crippen molar-refractivity contribution in [2.45, 2.75) is 18.8 Å². The molecule has 126 valence electrons. The SMILES string of the molecule is O=C(CN1CCC(c2ccccn2)CC1)Nc1ccc(F)cc1F. The third-order valence-corrected chi connectivity index (χ3v) is 4.27. The number of aromatic nitrogens is 1. The Morgan fingerprint density at radius 2 is 2.00 bits per heavy atom. The second-order valence-electron chi connectivity index (χ2n) is 5.98. The van der Waals surface area contributed by atoms with Crippen LogP contribution in [0, 0.1) is 11.6 Å². The molecule has 1 aromatic carbocycles. The number of carbonyl (C=O) groups excluding carboxylic acids is 1. The standard InChI is InChI=1S/C18H19F2N3O/c19-14-4-5-17(15(20)11-14)22-18(24)12-23-9-6-13(7-10-23)16-3-1-2-8-21-16/h1-5,8,11,13H,6-7,9-10,12H2,(H,22,24). The van der Waals surface area contributed by atoms with Gasteiger partial charge in [-0.1, -0.05) is 6.07 Å². The van der Waals surface area contributed by atoms with E-state index in [9.17, 15) is 13.6 Å². The predicted molar refractivity (Wildman–Crippen MR) is 87.6 cm³/mol. The van der Waals surface area contributed by atoms with Gasteiger partial charge in [0.1, 0.15) is 11.6 Å². The Bertz CT molecular complexity index is 701. The predicted octanol–water partition coefficient (Wildman–Crippen LogP) is 3.18. The van der Waals surface area contributed by atoms with Crippen molar-refractivity contribution in [3.63, 3.8) is 0 Å². The highest BCUT2D eigenvalue weighted by atomic mass is 19.1. The molecular formula is C18H19F2N3O. The number of pyridine rings is 1. The van der Waals surface area contributed by atoms with Crippen molar-refractivity contribution >= 4 is 11.6 Å². The van der Waals surface area contributed by atoms with Crippen LogP contribution in [-0.4, -0.2) is 35.4 Å². The van der Waals surface area contributed by atoms with Gasteiger partial charge < -0.3 is 5.32 Å². The molecule has 1 saturated heterocycles. The second-order valence-corrected chi connectivity index (χ2v) is 5.98. The van der Waals surface area contributed by atoms with Gasteiger partial charge in [-0.15, -0.1) is 0 Å². The number of hydrogen-bond acceptors (Lipinski definition) is 3. The summed E-state index contributed by atoms with van der Waals surface area (Å²) in [5, 5.41) is 2.49. The first-order valence-corrected chi connectivity index (χ1v) is 8.00. The zero-order valence-corrected chi connectivity index (χ0v) is 13.2. The van der Waals surface area contributed by atoms with Gasteiger partial charge in [0.15, 0.2) is 0 Å². The second kappa shape index (κ2) is 7.49. The number of likely N-dealkylation sites (tertiary alicyclic amines) is 1. The van der Waals surface area contributed by atoms with Crippen LogP contribution in [0.25, 0.3) is 0 Å². The number of nitrogens with one attached hydrogen (secondary N) is 1. The first-order valence-electron chi connectivity index (χ1n) is 8.00. The van der Waals surface area contributed by atoms with Crippen molar-refractivity contribution in [3.05, 3.63) is 59.9 Å². The molecular weight excluding hydrogens is 312 g/mol. The molecule has 1 N–H and O–H groups in total. The van der Waals surface area contributed by atoms with E-state index in [2.05, 4.69) is 10.3 Å². The quantitative estimate of drug-likeness (QED) is 0.936. The summed E-state index contributed by atoms with van der Waals surface area (Å²) in [6.07, 6.45) is 3.68. The number of piperidine rings is 1. The van der Waals surface area contributed by atoms with Crippen LogP contribution in [0.1, 0.15) is 24.5 Å². The number of carbonyl (C=O) groups is 1. The van der Waals surface area contributed by atoms with Gasteiger partial charge in [0, 0.05) is 23.9 Å². The van der Waals surface area contributed by atoms with Crippen LogP contribution in [0.15, 0.2) is 42.6 Å². The molecule has 24 heavy (non-hydrogen) atoms. The van der Waals surface area contributed by atoms with Crippen molar-refractivity contribution < 1.29 is 13.6 Å². The zero-order valence-electron chi connectivity index (χ0n) is 13.2. The average Bonchev–Trinajstić information content (AvgIpc) is 2.59. The summed E-state index contributed by atoms with van der Waals surface area (Å²) in [5.41, 5.74) is 1.10. The number of rotatable bonds is 4. The molecule has 0 aliphatic carbocycles. The van der Waals surface area contributed by atoms with E-state index < -0.39 is 11.6 Å². The fourth-order valence-corrected chi connectivity index (χ4v) is 2.99. The fourth-order valence-electron chi connectivity index (χ4n) is 2.99. The fraction of sp³-hybridized carbons (Fsp3) is 0.333. The molecule has 0 radical (unpaired) electrons. The van der Waals surface area contributed by atoms with Crippen LogP contribution in [0.4, 0.5) is 14.5 Å². The summed E-state index contributed by atoms with van der Waals surface area (Å²) in [4.78, 5) is 18.5. The van der Waals surface area contributed by atoms with Crippen molar-refractivity contribution in [3.8, 4) is 0 Å². The summed E-state index contributed by atoms with van der Waals surface area (Å²) in [5.74, 6) is -1.31. The lowest BCUT2D eigenvalue weighted by atomic mass is 9.93. The zero-order chi connectivity index (χ0) is 16.9. The van der Waals surface area contributed by atoms with E-state index in [0.29, 0.717) is 5.92 Å². The van der Waals surface area contributed by atoms with Gasteiger partial charge in [0.25, 0.3) is 0 Å². The first-order chi connectivity index (χ1) is 11.6. The highest BCUT2D eigenvalue weighted by Crippen LogP contribution is 2.26. The maximum atomic E-state index is 13.6. The number of nitrogens with zero attached hydrogens (tertiary/aromatic N) is 2. The monoisotopic (exact) mass is 331 g/mol. The van der Waals surface area contributed by atoms with Crippen LogP contribution in [0.2, 0.25) is 0 Å². The minimum Gasteiger partial charge on any atom is -0.322 e. The average molecular weight is 331 g/mol. The van der Waals surface area contributed by atoms with Crippen molar-refractivity contribution in [1.82, 2.24) is 9.88 Å². The van der Waals surface area contributed by atoms with Crippen molar-refractivity contribution in [2.75, 3.05) is 25.0 Å². The molecule has 1 aromatic heterocycles. The molecule has 2 heterocycles. The van der Waals surface area contributed by atoms with Crippen LogP contribution in [0.3, 0.4) is 0 Å². The molecule has 1 aliphatic heterocycles. The Balaban J connectivity index is 1.50. The third kappa shape index (κ3) is 4.14. The minimum absolute atomic E-state index is 0.00442. The van der Waals surface area contributed by atoms with Crippen LogP contribution in [-0.2, 0) is 4.79 Å². The van der Waals surface area contributed by atoms with E-state index in [1.54, 1.807) is 6.20 Å². The number of hydrogen-bond donors (Lipinski definition) is 1. The highest BCUT2D eigenvalue weighted by Gasteiger charge is 2.22. The molecule has 1 aliphatic rings. The van der Waals surface area contributed by atoms with Crippen molar-refractivity contribution in [2.24, 2.45) is 0 Å². The molecule has 1 amide bonds. The van der Waals surface area contributed by atoms with Crippen LogP contribution in [0.5, 0.6) is 0 Å². The molecule has 0 spiro atoms. The molecule has 0 saturated carbocycles. The summed E-state index contributed by atoms with van der Waals surface area (Å²) in [7, 11) is 0. The normalized spacial score (nSPS) is 16.1. The lowest BCUT2D eigenvalue weighted by molar-refractivity contribution is -0.117.